The molecule has 5 heteroatoms. The van der Waals surface area contributed by atoms with Crippen LogP contribution in [-0.2, 0) is 4.74 Å². The Labute approximate surface area is 92.8 Å². The summed E-state index contributed by atoms with van der Waals surface area (Å²) in [7, 11) is 1.54. The second-order valence-corrected chi connectivity index (χ2v) is 3.35. The second kappa shape index (κ2) is 5.58. The number of phenolic OH excluding ortho intramolecular Hbond substituents is 1. The lowest BCUT2D eigenvalue weighted by Gasteiger charge is -2.06. The maximum atomic E-state index is 11.5. The van der Waals surface area contributed by atoms with E-state index in [1.165, 1.54) is 18.2 Å². The minimum absolute atomic E-state index is 0.0886. The molecule has 0 aliphatic heterocycles. The SMILES string of the molecule is COCCNC(=O)c1cc(Cl)ccc1O. The van der Waals surface area contributed by atoms with Gasteiger partial charge in [0, 0.05) is 18.7 Å². The van der Waals surface area contributed by atoms with Crippen LogP contribution in [0.4, 0.5) is 0 Å². The lowest BCUT2D eigenvalue weighted by atomic mass is 10.2. The largest absolute Gasteiger partial charge is 0.507 e. The first-order valence-electron chi connectivity index (χ1n) is 4.41. The lowest BCUT2D eigenvalue weighted by molar-refractivity contribution is 0.0934. The van der Waals surface area contributed by atoms with Crippen molar-refractivity contribution in [2.24, 2.45) is 0 Å². The summed E-state index contributed by atoms with van der Waals surface area (Å²) >= 11 is 5.71. The number of amides is 1. The van der Waals surface area contributed by atoms with Crippen molar-refractivity contribution in [1.82, 2.24) is 5.32 Å². The maximum absolute atomic E-state index is 11.5. The van der Waals surface area contributed by atoms with Crippen LogP contribution in [0.2, 0.25) is 5.02 Å². The van der Waals surface area contributed by atoms with E-state index in [0.717, 1.165) is 0 Å². The molecule has 0 radical (unpaired) electrons. The van der Waals surface area contributed by atoms with Crippen LogP contribution in [0.15, 0.2) is 18.2 Å². The molecule has 0 saturated carbocycles. The Morgan fingerprint density at radius 2 is 2.33 bits per heavy atom. The quantitative estimate of drug-likeness (QED) is 0.768. The molecule has 0 fully saturated rings. The third-order valence-corrected chi connectivity index (χ3v) is 2.03. The van der Waals surface area contributed by atoms with Gasteiger partial charge in [0.25, 0.3) is 5.91 Å². The molecule has 0 spiro atoms. The molecule has 1 aromatic rings. The van der Waals surface area contributed by atoms with Gasteiger partial charge < -0.3 is 15.2 Å². The van der Waals surface area contributed by atoms with Gasteiger partial charge in [0.05, 0.1) is 12.2 Å². The van der Waals surface area contributed by atoms with Crippen molar-refractivity contribution in [3.8, 4) is 5.75 Å². The molecule has 0 aliphatic carbocycles. The van der Waals surface area contributed by atoms with Gasteiger partial charge in [-0.15, -0.1) is 0 Å². The Kier molecular flexibility index (Phi) is 4.39. The number of ether oxygens (including phenoxy) is 1. The van der Waals surface area contributed by atoms with Gasteiger partial charge in [-0.1, -0.05) is 11.6 Å². The number of carbonyl (C=O) groups is 1. The Morgan fingerprint density at radius 1 is 1.60 bits per heavy atom. The number of hydrogen-bond acceptors (Lipinski definition) is 3. The van der Waals surface area contributed by atoms with E-state index in [0.29, 0.717) is 18.2 Å². The molecule has 4 nitrogen and oxygen atoms in total. The minimum atomic E-state index is -0.368. The van der Waals surface area contributed by atoms with Gasteiger partial charge in [-0.25, -0.2) is 0 Å². The molecule has 1 amide bonds. The molecule has 82 valence electrons. The number of hydrogen-bond donors (Lipinski definition) is 2. The zero-order valence-electron chi connectivity index (χ0n) is 8.29. The Bertz CT molecular complexity index is 355. The first-order chi connectivity index (χ1) is 7.15. The minimum Gasteiger partial charge on any atom is -0.507 e. The fourth-order valence-electron chi connectivity index (χ4n) is 1.05. The van der Waals surface area contributed by atoms with Gasteiger partial charge in [-0.3, -0.25) is 4.79 Å². The fourth-order valence-corrected chi connectivity index (χ4v) is 1.22. The Balaban J connectivity index is 2.68. The number of nitrogens with one attached hydrogen (secondary N) is 1. The summed E-state index contributed by atoms with van der Waals surface area (Å²) in [5.74, 6) is -0.457. The van der Waals surface area contributed by atoms with Gasteiger partial charge in [0.15, 0.2) is 0 Å². The number of methoxy groups -OCH3 is 1. The summed E-state index contributed by atoms with van der Waals surface area (Å²) in [6, 6.07) is 4.31. The van der Waals surface area contributed by atoms with Gasteiger partial charge in [-0.2, -0.15) is 0 Å². The van der Waals surface area contributed by atoms with Crippen LogP contribution >= 0.6 is 11.6 Å². The summed E-state index contributed by atoms with van der Waals surface area (Å²) in [6.45, 7) is 0.814. The first kappa shape index (κ1) is 11.8. The number of rotatable bonds is 4. The van der Waals surface area contributed by atoms with E-state index in [-0.39, 0.29) is 17.2 Å². The molecule has 0 atom stereocenters. The number of aromatic hydroxyl groups is 1. The smallest absolute Gasteiger partial charge is 0.255 e. The number of benzene rings is 1. The van der Waals surface area contributed by atoms with Crippen LogP contribution in [-0.4, -0.2) is 31.3 Å². The van der Waals surface area contributed by atoms with Gasteiger partial charge in [0.1, 0.15) is 5.75 Å². The zero-order chi connectivity index (χ0) is 11.3. The number of phenols is 1. The molecule has 15 heavy (non-hydrogen) atoms. The molecule has 0 aliphatic rings. The van der Waals surface area contributed by atoms with Gasteiger partial charge >= 0.3 is 0 Å². The summed E-state index contributed by atoms with van der Waals surface area (Å²) in [5.41, 5.74) is 0.165. The molecule has 0 saturated heterocycles. The maximum Gasteiger partial charge on any atom is 0.255 e. The second-order valence-electron chi connectivity index (χ2n) is 2.91. The normalized spacial score (nSPS) is 10.0. The third-order valence-electron chi connectivity index (χ3n) is 1.79. The number of halogens is 1. The molecule has 0 bridgehead atoms. The number of carbonyl (C=O) groups excluding carboxylic acids is 1. The van der Waals surface area contributed by atoms with Crippen molar-refractivity contribution < 1.29 is 14.6 Å². The van der Waals surface area contributed by atoms with Crippen LogP contribution in [0.25, 0.3) is 0 Å². The lowest BCUT2D eigenvalue weighted by Crippen LogP contribution is -2.26. The highest BCUT2D eigenvalue weighted by Gasteiger charge is 2.10. The van der Waals surface area contributed by atoms with Crippen molar-refractivity contribution in [1.29, 1.82) is 0 Å². The summed E-state index contributed by atoms with van der Waals surface area (Å²) in [4.78, 5) is 11.5. The molecule has 0 heterocycles. The predicted molar refractivity (Wildman–Crippen MR) is 57.3 cm³/mol. The fraction of sp³-hybridized carbons (Fsp3) is 0.300. The summed E-state index contributed by atoms with van der Waals surface area (Å²) in [5, 5.41) is 12.4. The van der Waals surface area contributed by atoms with Crippen molar-refractivity contribution in [2.45, 2.75) is 0 Å². The van der Waals surface area contributed by atoms with E-state index in [1.54, 1.807) is 7.11 Å². The average Bonchev–Trinajstić information content (AvgIpc) is 2.22. The van der Waals surface area contributed by atoms with E-state index < -0.39 is 0 Å². The monoisotopic (exact) mass is 229 g/mol. The third kappa shape index (κ3) is 3.42. The average molecular weight is 230 g/mol. The molecule has 1 rings (SSSR count). The van der Waals surface area contributed by atoms with E-state index in [2.05, 4.69) is 5.32 Å². The van der Waals surface area contributed by atoms with Crippen molar-refractivity contribution in [3.05, 3.63) is 28.8 Å². The van der Waals surface area contributed by atoms with E-state index in [4.69, 9.17) is 16.3 Å². The van der Waals surface area contributed by atoms with Crippen LogP contribution in [0, 0.1) is 0 Å². The van der Waals surface area contributed by atoms with Crippen molar-refractivity contribution >= 4 is 17.5 Å². The standard InChI is InChI=1S/C10H12ClNO3/c1-15-5-4-12-10(14)8-6-7(11)2-3-9(8)13/h2-3,6,13H,4-5H2,1H3,(H,12,14). The van der Waals surface area contributed by atoms with Crippen LogP contribution in [0.5, 0.6) is 5.75 Å². The molecular formula is C10H12ClNO3. The Morgan fingerprint density at radius 3 is 3.00 bits per heavy atom. The molecule has 0 aromatic heterocycles. The first-order valence-corrected chi connectivity index (χ1v) is 4.78. The van der Waals surface area contributed by atoms with Crippen LogP contribution < -0.4 is 5.32 Å². The van der Waals surface area contributed by atoms with Gasteiger partial charge in [-0.05, 0) is 18.2 Å². The highest BCUT2D eigenvalue weighted by atomic mass is 35.5. The molecule has 2 N–H and O–H groups in total. The highest BCUT2D eigenvalue weighted by Crippen LogP contribution is 2.20. The van der Waals surface area contributed by atoms with Crippen molar-refractivity contribution in [2.75, 3.05) is 20.3 Å². The Hall–Kier alpha value is -1.26. The highest BCUT2D eigenvalue weighted by molar-refractivity contribution is 6.31. The molecular weight excluding hydrogens is 218 g/mol. The molecule has 0 unspecified atom stereocenters. The van der Waals surface area contributed by atoms with Crippen molar-refractivity contribution in [3.63, 3.8) is 0 Å². The molecule has 1 aromatic carbocycles. The van der Waals surface area contributed by atoms with E-state index >= 15 is 0 Å². The van der Waals surface area contributed by atoms with Gasteiger partial charge in [0.2, 0.25) is 0 Å². The predicted octanol–water partition coefficient (Wildman–Crippen LogP) is 1.42. The van der Waals surface area contributed by atoms with E-state index in [9.17, 15) is 9.90 Å². The zero-order valence-corrected chi connectivity index (χ0v) is 9.04. The topological polar surface area (TPSA) is 58.6 Å². The van der Waals surface area contributed by atoms with Crippen LogP contribution in [0.1, 0.15) is 10.4 Å². The van der Waals surface area contributed by atoms with Crippen LogP contribution in [0.3, 0.4) is 0 Å². The van der Waals surface area contributed by atoms with E-state index in [1.807, 2.05) is 0 Å². The summed E-state index contributed by atoms with van der Waals surface area (Å²) in [6.07, 6.45) is 0. The summed E-state index contributed by atoms with van der Waals surface area (Å²) < 4.78 is 4.78.